The number of piperazine rings is 1. The summed E-state index contributed by atoms with van der Waals surface area (Å²) in [5.74, 6) is 0.805. The first-order valence-corrected chi connectivity index (χ1v) is 5.26. The van der Waals surface area contributed by atoms with Crippen molar-refractivity contribution in [3.63, 3.8) is 0 Å². The largest absolute Gasteiger partial charge is 0.351 e. The van der Waals surface area contributed by atoms with E-state index >= 15 is 0 Å². The summed E-state index contributed by atoms with van der Waals surface area (Å²) in [5.41, 5.74) is 0.0338. The fourth-order valence-electron chi connectivity index (χ4n) is 1.84. The number of aromatic nitrogens is 1. The summed E-state index contributed by atoms with van der Waals surface area (Å²) in [6.07, 6.45) is 1.31. The Kier molecular flexibility index (Phi) is 3.00. The maximum atomic E-state index is 10.5. The second-order valence-electron chi connectivity index (χ2n) is 3.88. The molecule has 0 radical (unpaired) electrons. The van der Waals surface area contributed by atoms with E-state index in [9.17, 15) is 10.1 Å². The summed E-state index contributed by atoms with van der Waals surface area (Å²) in [6, 6.07) is 3.57. The van der Waals surface area contributed by atoms with Crippen LogP contribution < -0.4 is 10.2 Å². The van der Waals surface area contributed by atoms with E-state index in [1.165, 1.54) is 12.3 Å². The van der Waals surface area contributed by atoms with Gasteiger partial charge in [-0.1, -0.05) is 0 Å². The molecule has 1 atom stereocenters. The smallest absolute Gasteiger partial charge is 0.287 e. The number of hydrogen-bond donors (Lipinski definition) is 1. The van der Waals surface area contributed by atoms with Gasteiger partial charge in [-0.05, 0) is 13.0 Å². The summed E-state index contributed by atoms with van der Waals surface area (Å²) in [4.78, 5) is 16.3. The van der Waals surface area contributed by atoms with Gasteiger partial charge in [-0.3, -0.25) is 10.1 Å². The third-order valence-electron chi connectivity index (χ3n) is 2.74. The Morgan fingerprint density at radius 1 is 1.62 bits per heavy atom. The Hall–Kier alpha value is -1.69. The highest BCUT2D eigenvalue weighted by Crippen LogP contribution is 2.18. The van der Waals surface area contributed by atoms with E-state index in [4.69, 9.17) is 0 Å². The van der Waals surface area contributed by atoms with Gasteiger partial charge in [0.05, 0.1) is 4.92 Å². The number of hydrogen-bond acceptors (Lipinski definition) is 5. The Morgan fingerprint density at radius 3 is 3.00 bits per heavy atom. The lowest BCUT2D eigenvalue weighted by Crippen LogP contribution is -2.50. The summed E-state index contributed by atoms with van der Waals surface area (Å²) in [7, 11) is 0. The van der Waals surface area contributed by atoms with Crippen molar-refractivity contribution in [3.8, 4) is 0 Å². The molecule has 1 saturated heterocycles. The van der Waals surface area contributed by atoms with Crippen LogP contribution in [-0.2, 0) is 0 Å². The molecule has 0 aliphatic carbocycles. The normalized spacial score (nSPS) is 20.8. The first-order chi connectivity index (χ1) is 7.68. The summed E-state index contributed by atoms with van der Waals surface area (Å²) >= 11 is 0. The number of nitrogens with one attached hydrogen (secondary N) is 1. The number of anilines is 1. The minimum absolute atomic E-state index is 0.0338. The van der Waals surface area contributed by atoms with Crippen LogP contribution >= 0.6 is 0 Å². The van der Waals surface area contributed by atoms with Crippen LogP contribution in [0.4, 0.5) is 11.5 Å². The number of rotatable bonds is 2. The average molecular weight is 222 g/mol. The third-order valence-corrected chi connectivity index (χ3v) is 2.74. The Bertz CT molecular complexity index is 379. The SMILES string of the molecule is CC1CNCCN1c1ccc([N+](=O)[O-])cn1. The molecule has 0 spiro atoms. The van der Waals surface area contributed by atoms with Gasteiger partial charge in [-0.25, -0.2) is 4.98 Å². The predicted molar refractivity (Wildman–Crippen MR) is 60.6 cm³/mol. The van der Waals surface area contributed by atoms with Crippen LogP contribution in [0.5, 0.6) is 0 Å². The molecule has 86 valence electrons. The summed E-state index contributed by atoms with van der Waals surface area (Å²) < 4.78 is 0. The van der Waals surface area contributed by atoms with Gasteiger partial charge >= 0.3 is 0 Å². The van der Waals surface area contributed by atoms with Crippen molar-refractivity contribution in [1.29, 1.82) is 0 Å². The molecule has 1 aromatic heterocycles. The van der Waals surface area contributed by atoms with Crippen LogP contribution in [-0.4, -0.2) is 35.6 Å². The van der Waals surface area contributed by atoms with E-state index < -0.39 is 4.92 Å². The van der Waals surface area contributed by atoms with Crippen molar-refractivity contribution in [1.82, 2.24) is 10.3 Å². The zero-order valence-electron chi connectivity index (χ0n) is 9.09. The molecular weight excluding hydrogens is 208 g/mol. The molecule has 1 unspecified atom stereocenters. The van der Waals surface area contributed by atoms with Crippen molar-refractivity contribution < 1.29 is 4.92 Å². The maximum absolute atomic E-state index is 10.5. The lowest BCUT2D eigenvalue weighted by molar-refractivity contribution is -0.385. The van der Waals surface area contributed by atoms with Crippen LogP contribution in [0.15, 0.2) is 18.3 Å². The molecule has 6 heteroatoms. The second-order valence-corrected chi connectivity index (χ2v) is 3.88. The highest BCUT2D eigenvalue weighted by molar-refractivity contribution is 5.44. The van der Waals surface area contributed by atoms with Crippen LogP contribution in [0.2, 0.25) is 0 Å². The highest BCUT2D eigenvalue weighted by atomic mass is 16.6. The van der Waals surface area contributed by atoms with Gasteiger partial charge in [-0.2, -0.15) is 0 Å². The number of nitro groups is 1. The van der Waals surface area contributed by atoms with Gasteiger partial charge < -0.3 is 10.2 Å². The quantitative estimate of drug-likeness (QED) is 0.591. The lowest BCUT2D eigenvalue weighted by atomic mass is 10.2. The lowest BCUT2D eigenvalue weighted by Gasteiger charge is -2.34. The topological polar surface area (TPSA) is 71.3 Å². The first kappa shape index (κ1) is 10.8. The van der Waals surface area contributed by atoms with Crippen LogP contribution in [0.1, 0.15) is 6.92 Å². The molecule has 1 aliphatic heterocycles. The van der Waals surface area contributed by atoms with Gasteiger partial charge in [0.2, 0.25) is 0 Å². The molecule has 1 N–H and O–H groups in total. The Balaban J connectivity index is 2.17. The van der Waals surface area contributed by atoms with Crippen molar-refractivity contribution in [2.45, 2.75) is 13.0 Å². The van der Waals surface area contributed by atoms with E-state index in [-0.39, 0.29) is 5.69 Å². The van der Waals surface area contributed by atoms with Crippen molar-refractivity contribution in [3.05, 3.63) is 28.4 Å². The molecule has 2 rings (SSSR count). The fraction of sp³-hybridized carbons (Fsp3) is 0.500. The van der Waals surface area contributed by atoms with Gasteiger partial charge in [0.15, 0.2) is 0 Å². The van der Waals surface area contributed by atoms with Crippen molar-refractivity contribution in [2.75, 3.05) is 24.5 Å². The molecule has 0 aromatic carbocycles. The standard InChI is InChI=1S/C10H14N4O2/c1-8-6-11-4-5-13(8)10-3-2-9(7-12-10)14(15)16/h2-3,7-8,11H,4-6H2,1H3. The fourth-order valence-corrected chi connectivity index (χ4v) is 1.84. The molecular formula is C10H14N4O2. The maximum Gasteiger partial charge on any atom is 0.287 e. The monoisotopic (exact) mass is 222 g/mol. The minimum atomic E-state index is -0.433. The Labute approximate surface area is 93.4 Å². The zero-order chi connectivity index (χ0) is 11.5. The average Bonchev–Trinajstić information content (AvgIpc) is 2.30. The van der Waals surface area contributed by atoms with E-state index in [2.05, 4.69) is 22.1 Å². The van der Waals surface area contributed by atoms with Gasteiger partial charge in [0.25, 0.3) is 5.69 Å². The predicted octanol–water partition coefficient (Wildman–Crippen LogP) is 0.788. The molecule has 0 saturated carbocycles. The summed E-state index contributed by atoms with van der Waals surface area (Å²) in [6.45, 7) is 4.82. The summed E-state index contributed by atoms with van der Waals surface area (Å²) in [5, 5.41) is 13.8. The zero-order valence-corrected chi connectivity index (χ0v) is 9.09. The highest BCUT2D eigenvalue weighted by Gasteiger charge is 2.19. The molecule has 16 heavy (non-hydrogen) atoms. The third kappa shape index (κ3) is 2.11. The second kappa shape index (κ2) is 4.44. The van der Waals surface area contributed by atoms with Gasteiger partial charge in [0.1, 0.15) is 12.0 Å². The first-order valence-electron chi connectivity index (χ1n) is 5.26. The molecule has 1 aliphatic rings. The molecule has 6 nitrogen and oxygen atoms in total. The molecule has 0 amide bonds. The van der Waals surface area contributed by atoms with Crippen LogP contribution in [0.25, 0.3) is 0 Å². The minimum Gasteiger partial charge on any atom is -0.351 e. The van der Waals surface area contributed by atoms with Crippen molar-refractivity contribution >= 4 is 11.5 Å². The number of pyridine rings is 1. The Morgan fingerprint density at radius 2 is 2.44 bits per heavy atom. The van der Waals surface area contributed by atoms with Crippen LogP contribution in [0.3, 0.4) is 0 Å². The van der Waals surface area contributed by atoms with E-state index in [0.717, 1.165) is 25.5 Å². The molecule has 1 fully saturated rings. The van der Waals surface area contributed by atoms with E-state index in [0.29, 0.717) is 6.04 Å². The van der Waals surface area contributed by atoms with E-state index in [1.54, 1.807) is 6.07 Å². The number of nitrogens with zero attached hydrogens (tertiary/aromatic N) is 3. The van der Waals surface area contributed by atoms with Crippen LogP contribution in [0, 0.1) is 10.1 Å². The van der Waals surface area contributed by atoms with Crippen molar-refractivity contribution in [2.24, 2.45) is 0 Å². The van der Waals surface area contributed by atoms with E-state index in [1.807, 2.05) is 0 Å². The molecule has 1 aromatic rings. The van der Waals surface area contributed by atoms with Gasteiger partial charge in [-0.15, -0.1) is 0 Å². The molecule has 2 heterocycles. The van der Waals surface area contributed by atoms with Gasteiger partial charge in [0, 0.05) is 31.7 Å². The molecule has 0 bridgehead atoms.